The summed E-state index contributed by atoms with van der Waals surface area (Å²) in [5.74, 6) is -2.92. The Bertz CT molecular complexity index is 1020. The molecule has 0 aliphatic heterocycles. The Hall–Kier alpha value is -3.88. The number of ether oxygens (including phenoxy) is 7. The molecule has 0 amide bonds. The zero-order chi connectivity index (χ0) is 29.7. The largest absolute Gasteiger partial charge is 0.460 e. The first kappa shape index (κ1) is 33.3. The molecule has 13 heteroatoms. The van der Waals surface area contributed by atoms with E-state index in [-0.39, 0.29) is 102 Å². The van der Waals surface area contributed by atoms with Gasteiger partial charge in [-0.05, 0) is 24.3 Å². The van der Waals surface area contributed by atoms with Crippen molar-refractivity contribution in [2.45, 2.75) is 0 Å². The summed E-state index contributed by atoms with van der Waals surface area (Å²) in [6, 6.07) is 12.0. The van der Waals surface area contributed by atoms with E-state index in [1.54, 1.807) is 24.3 Å². The molecule has 224 valence electrons. The van der Waals surface area contributed by atoms with Crippen LogP contribution < -0.4 is 0 Å². The minimum Gasteiger partial charge on any atom is -0.460 e. The van der Waals surface area contributed by atoms with E-state index in [1.165, 1.54) is 24.3 Å². The SMILES string of the molecule is O=C(OCCOCCO)c1ccccc1C(=O)OCCOCCOC(=O)c1ccccc1C(=O)OCCOCCO. The lowest BCUT2D eigenvalue weighted by atomic mass is 10.1. The van der Waals surface area contributed by atoms with Gasteiger partial charge < -0.3 is 43.4 Å². The van der Waals surface area contributed by atoms with Gasteiger partial charge in [0.2, 0.25) is 0 Å². The van der Waals surface area contributed by atoms with Gasteiger partial charge in [0.25, 0.3) is 0 Å². The average molecular weight is 579 g/mol. The normalized spacial score (nSPS) is 10.6. The van der Waals surface area contributed by atoms with Crippen molar-refractivity contribution >= 4 is 23.9 Å². The van der Waals surface area contributed by atoms with Crippen molar-refractivity contribution in [3.8, 4) is 0 Å². The van der Waals surface area contributed by atoms with Crippen molar-refractivity contribution in [1.82, 2.24) is 0 Å². The fourth-order valence-corrected chi connectivity index (χ4v) is 3.20. The van der Waals surface area contributed by atoms with Gasteiger partial charge in [0.15, 0.2) is 0 Å². The molecule has 0 aliphatic rings. The summed E-state index contributed by atoms with van der Waals surface area (Å²) in [4.78, 5) is 49.5. The van der Waals surface area contributed by atoms with Gasteiger partial charge in [-0.3, -0.25) is 0 Å². The van der Waals surface area contributed by atoms with E-state index >= 15 is 0 Å². The number of hydrogen-bond acceptors (Lipinski definition) is 13. The van der Waals surface area contributed by atoms with Crippen molar-refractivity contribution in [2.75, 3.05) is 79.3 Å². The number of aliphatic hydroxyl groups is 2. The zero-order valence-electron chi connectivity index (χ0n) is 22.5. The molecule has 13 nitrogen and oxygen atoms in total. The van der Waals surface area contributed by atoms with Crippen LogP contribution in [0.15, 0.2) is 48.5 Å². The predicted molar refractivity (Wildman–Crippen MR) is 141 cm³/mol. The average Bonchev–Trinajstić information content (AvgIpc) is 2.99. The lowest BCUT2D eigenvalue weighted by molar-refractivity contribution is 0.0138. The van der Waals surface area contributed by atoms with Crippen molar-refractivity contribution in [3.63, 3.8) is 0 Å². The molecule has 41 heavy (non-hydrogen) atoms. The number of carbonyl (C=O) groups excluding carboxylic acids is 4. The minimum atomic E-state index is -0.743. The molecule has 0 bridgehead atoms. The van der Waals surface area contributed by atoms with Crippen LogP contribution in [0.1, 0.15) is 41.4 Å². The third-order valence-electron chi connectivity index (χ3n) is 5.05. The van der Waals surface area contributed by atoms with E-state index in [4.69, 9.17) is 43.4 Å². The highest BCUT2D eigenvalue weighted by Crippen LogP contribution is 2.13. The Labute approximate surface area is 236 Å². The molecular formula is C28H34O13. The van der Waals surface area contributed by atoms with Crippen molar-refractivity contribution in [1.29, 1.82) is 0 Å². The first-order valence-electron chi connectivity index (χ1n) is 12.8. The molecule has 0 spiro atoms. The Kier molecular flexibility index (Phi) is 16.3. The van der Waals surface area contributed by atoms with Crippen molar-refractivity contribution in [2.24, 2.45) is 0 Å². The zero-order valence-corrected chi connectivity index (χ0v) is 22.5. The Morgan fingerprint density at radius 2 is 0.659 bits per heavy atom. The monoisotopic (exact) mass is 578 g/mol. The molecule has 0 saturated carbocycles. The maximum Gasteiger partial charge on any atom is 0.339 e. The van der Waals surface area contributed by atoms with Crippen LogP contribution in [0.25, 0.3) is 0 Å². The fraction of sp³-hybridized carbons (Fsp3) is 0.429. The molecule has 0 aromatic heterocycles. The molecule has 0 unspecified atom stereocenters. The number of hydrogen-bond donors (Lipinski definition) is 2. The highest BCUT2D eigenvalue weighted by atomic mass is 16.6. The maximum absolute atomic E-state index is 12.5. The van der Waals surface area contributed by atoms with Gasteiger partial charge in [0.1, 0.15) is 26.4 Å². The molecule has 0 fully saturated rings. The molecule has 0 heterocycles. The van der Waals surface area contributed by atoms with E-state index in [0.717, 1.165) is 0 Å². The van der Waals surface area contributed by atoms with Gasteiger partial charge in [-0.1, -0.05) is 24.3 Å². The second kappa shape index (κ2) is 20.1. The maximum atomic E-state index is 12.5. The lowest BCUT2D eigenvalue weighted by Gasteiger charge is -2.11. The third-order valence-corrected chi connectivity index (χ3v) is 5.05. The second-order valence-electron chi connectivity index (χ2n) is 7.92. The van der Waals surface area contributed by atoms with Gasteiger partial charge in [-0.15, -0.1) is 0 Å². The highest BCUT2D eigenvalue weighted by molar-refractivity contribution is 6.03. The van der Waals surface area contributed by atoms with E-state index in [2.05, 4.69) is 0 Å². The molecular weight excluding hydrogens is 544 g/mol. The number of carbonyl (C=O) groups is 4. The minimum absolute atomic E-state index is 0.000630. The fourth-order valence-electron chi connectivity index (χ4n) is 3.20. The number of benzene rings is 2. The lowest BCUT2D eigenvalue weighted by Crippen LogP contribution is -2.19. The molecule has 0 saturated heterocycles. The molecule has 2 N–H and O–H groups in total. The van der Waals surface area contributed by atoms with Gasteiger partial charge in [0, 0.05) is 0 Å². The number of rotatable bonds is 20. The standard InChI is InChI=1S/C28H34O13/c29-9-11-35-13-17-38-25(31)21-5-1-3-7-23(21)27(33)40-19-15-37-16-20-41-28(34)24-8-4-2-6-22(24)26(32)39-18-14-36-12-10-30/h1-8,29-30H,9-20H2. The molecule has 0 aliphatic carbocycles. The van der Waals surface area contributed by atoms with Crippen LogP contribution >= 0.6 is 0 Å². The van der Waals surface area contributed by atoms with Crippen molar-refractivity contribution < 1.29 is 62.5 Å². The molecule has 0 radical (unpaired) electrons. The first-order chi connectivity index (χ1) is 20.0. The van der Waals surface area contributed by atoms with Crippen LogP contribution in [0.4, 0.5) is 0 Å². The Morgan fingerprint density at radius 1 is 0.415 bits per heavy atom. The summed E-state index contributed by atoms with van der Waals surface area (Å²) >= 11 is 0. The second-order valence-corrected chi connectivity index (χ2v) is 7.92. The topological polar surface area (TPSA) is 173 Å². The van der Waals surface area contributed by atoms with Crippen LogP contribution in [-0.2, 0) is 33.2 Å². The highest BCUT2D eigenvalue weighted by Gasteiger charge is 2.20. The summed E-state index contributed by atoms with van der Waals surface area (Å²) < 4.78 is 35.9. The summed E-state index contributed by atoms with van der Waals surface area (Å²) in [6.45, 7) is -0.165. The van der Waals surface area contributed by atoms with Crippen LogP contribution in [0.5, 0.6) is 0 Å². The summed E-state index contributed by atoms with van der Waals surface area (Å²) in [6.07, 6.45) is 0. The quantitative estimate of drug-likeness (QED) is 0.130. The first-order valence-corrected chi connectivity index (χ1v) is 12.8. The molecule has 2 aromatic rings. The number of esters is 4. The molecule has 0 atom stereocenters. The van der Waals surface area contributed by atoms with E-state index in [1.807, 2.05) is 0 Å². The summed E-state index contributed by atoms with van der Waals surface area (Å²) in [5.41, 5.74) is 0.119. The van der Waals surface area contributed by atoms with Crippen LogP contribution in [0.3, 0.4) is 0 Å². The van der Waals surface area contributed by atoms with E-state index in [9.17, 15) is 19.2 Å². The van der Waals surface area contributed by atoms with Gasteiger partial charge >= 0.3 is 23.9 Å². The van der Waals surface area contributed by atoms with Crippen LogP contribution in [0, 0.1) is 0 Å². The van der Waals surface area contributed by atoms with Crippen LogP contribution in [-0.4, -0.2) is 113 Å². The summed E-state index contributed by atoms with van der Waals surface area (Å²) in [7, 11) is 0. The predicted octanol–water partition coefficient (Wildman–Crippen LogP) is 1.05. The molecule has 2 aromatic carbocycles. The van der Waals surface area contributed by atoms with Gasteiger partial charge in [0.05, 0.1) is 75.1 Å². The Morgan fingerprint density at radius 3 is 0.902 bits per heavy atom. The number of aliphatic hydroxyl groups excluding tert-OH is 2. The smallest absolute Gasteiger partial charge is 0.339 e. The van der Waals surface area contributed by atoms with Gasteiger partial charge in [-0.2, -0.15) is 0 Å². The Balaban J connectivity index is 1.70. The van der Waals surface area contributed by atoms with E-state index < -0.39 is 23.9 Å². The van der Waals surface area contributed by atoms with Gasteiger partial charge in [-0.25, -0.2) is 19.2 Å². The van der Waals surface area contributed by atoms with Crippen molar-refractivity contribution in [3.05, 3.63) is 70.8 Å². The summed E-state index contributed by atoms with van der Waals surface area (Å²) in [5, 5.41) is 17.4. The third kappa shape index (κ3) is 12.4. The molecule has 2 rings (SSSR count). The van der Waals surface area contributed by atoms with Crippen LogP contribution in [0.2, 0.25) is 0 Å². The van der Waals surface area contributed by atoms with E-state index in [0.29, 0.717) is 0 Å².